The molecule has 1 N–H and O–H groups in total. The maximum atomic E-state index is 12.6. The van der Waals surface area contributed by atoms with Gasteiger partial charge in [-0.25, -0.2) is 4.68 Å². The molecule has 2 aromatic carbocycles. The summed E-state index contributed by atoms with van der Waals surface area (Å²) in [7, 11) is 1.58. The van der Waals surface area contributed by atoms with Crippen LogP contribution in [-0.4, -0.2) is 33.0 Å². The molecule has 2 amide bonds. The Morgan fingerprint density at radius 3 is 2.66 bits per heavy atom. The summed E-state index contributed by atoms with van der Waals surface area (Å²) in [4.78, 5) is 38.5. The molecule has 1 aliphatic heterocycles. The number of aromatic nitrogens is 2. The van der Waals surface area contributed by atoms with Gasteiger partial charge in [-0.15, -0.1) is 0 Å². The molecule has 148 valence electrons. The largest absolute Gasteiger partial charge is 0.338 e. The molecule has 1 aliphatic rings. The topological polar surface area (TPSA) is 84.3 Å². The number of likely N-dealkylation sites (tertiary alicyclic amines) is 1. The minimum Gasteiger partial charge on any atom is -0.338 e. The fourth-order valence-corrected chi connectivity index (χ4v) is 3.70. The van der Waals surface area contributed by atoms with E-state index in [-0.39, 0.29) is 23.8 Å². The summed E-state index contributed by atoms with van der Waals surface area (Å²) in [6.45, 7) is 1.33. The van der Waals surface area contributed by atoms with Gasteiger partial charge in [0.25, 0.3) is 5.56 Å². The molecule has 2 heterocycles. The molecule has 0 radical (unpaired) electrons. The summed E-state index contributed by atoms with van der Waals surface area (Å²) in [5.74, 6) is -0.0391. The number of fused-ring (bicyclic) bond motifs is 1. The van der Waals surface area contributed by atoms with Gasteiger partial charge >= 0.3 is 0 Å². The maximum absolute atomic E-state index is 12.6. The first-order chi connectivity index (χ1) is 14.0. The van der Waals surface area contributed by atoms with E-state index in [4.69, 9.17) is 0 Å². The third-order valence-corrected chi connectivity index (χ3v) is 5.12. The lowest BCUT2D eigenvalue weighted by Gasteiger charge is -2.16. The van der Waals surface area contributed by atoms with E-state index in [1.807, 2.05) is 35.2 Å². The number of benzene rings is 2. The average molecular weight is 390 g/mol. The molecule has 0 aliphatic carbocycles. The normalized spacial score (nSPS) is 13.8. The smallest absolute Gasteiger partial charge is 0.274 e. The van der Waals surface area contributed by atoms with Crippen LogP contribution in [0.3, 0.4) is 0 Å². The third kappa shape index (κ3) is 4.03. The number of nitrogens with zero attached hydrogens (tertiary/aromatic N) is 3. The van der Waals surface area contributed by atoms with Crippen molar-refractivity contribution in [1.29, 1.82) is 0 Å². The van der Waals surface area contributed by atoms with Gasteiger partial charge in [0.2, 0.25) is 11.8 Å². The van der Waals surface area contributed by atoms with Gasteiger partial charge < -0.3 is 10.2 Å². The Morgan fingerprint density at radius 1 is 1.10 bits per heavy atom. The van der Waals surface area contributed by atoms with Crippen molar-refractivity contribution in [3.8, 4) is 0 Å². The second kappa shape index (κ2) is 7.87. The predicted octanol–water partition coefficient (Wildman–Crippen LogP) is 2.24. The zero-order chi connectivity index (χ0) is 20.4. The van der Waals surface area contributed by atoms with Crippen LogP contribution >= 0.6 is 0 Å². The molecule has 29 heavy (non-hydrogen) atoms. The van der Waals surface area contributed by atoms with Crippen LogP contribution in [0.1, 0.15) is 24.1 Å². The number of nitrogens with one attached hydrogen (secondary N) is 1. The van der Waals surface area contributed by atoms with E-state index in [1.54, 1.807) is 25.2 Å². The number of anilines is 1. The number of amides is 2. The highest BCUT2D eigenvalue weighted by molar-refractivity contribution is 5.95. The lowest BCUT2D eigenvalue weighted by molar-refractivity contribution is -0.128. The zero-order valence-corrected chi connectivity index (χ0v) is 16.2. The molecule has 3 aromatic rings. The Morgan fingerprint density at radius 2 is 1.90 bits per heavy atom. The number of rotatable bonds is 5. The van der Waals surface area contributed by atoms with Crippen molar-refractivity contribution in [3.05, 3.63) is 70.1 Å². The fraction of sp³-hybridized carbons (Fsp3) is 0.273. The predicted molar refractivity (Wildman–Crippen MR) is 110 cm³/mol. The zero-order valence-electron chi connectivity index (χ0n) is 16.2. The van der Waals surface area contributed by atoms with Crippen LogP contribution < -0.4 is 10.9 Å². The first kappa shape index (κ1) is 18.9. The second-order valence-electron chi connectivity index (χ2n) is 7.27. The Bertz CT molecular complexity index is 1150. The molecule has 7 heteroatoms. The SMILES string of the molecule is Cn1nc(CC(=O)Nc2cccc(CN3CCCC3=O)c2)c2ccccc2c1=O. The highest BCUT2D eigenvalue weighted by Gasteiger charge is 2.20. The number of carbonyl (C=O) groups excluding carboxylic acids is 2. The number of aryl methyl sites for hydroxylation is 1. The first-order valence-electron chi connectivity index (χ1n) is 9.63. The standard InChI is InChI=1S/C22H22N4O3/c1-25-22(29)18-9-3-2-8-17(18)19(24-25)13-20(27)23-16-7-4-6-15(12-16)14-26-11-5-10-21(26)28/h2-4,6-9,12H,5,10-11,13-14H2,1H3,(H,23,27). The molecule has 0 bridgehead atoms. The Kier molecular flexibility index (Phi) is 5.12. The molecular formula is C22H22N4O3. The molecule has 0 atom stereocenters. The Balaban J connectivity index is 1.50. The summed E-state index contributed by atoms with van der Waals surface area (Å²) >= 11 is 0. The van der Waals surface area contributed by atoms with Gasteiger partial charge in [0.1, 0.15) is 0 Å². The summed E-state index contributed by atoms with van der Waals surface area (Å²) in [6.07, 6.45) is 1.57. The van der Waals surface area contributed by atoms with Gasteiger partial charge in [0.05, 0.1) is 17.5 Å². The molecular weight excluding hydrogens is 368 g/mol. The highest BCUT2D eigenvalue weighted by atomic mass is 16.2. The average Bonchev–Trinajstić information content (AvgIpc) is 3.10. The minimum atomic E-state index is -0.212. The Labute approximate surface area is 167 Å². The minimum absolute atomic E-state index is 0.0590. The van der Waals surface area contributed by atoms with E-state index in [0.717, 1.165) is 18.5 Å². The molecule has 7 nitrogen and oxygen atoms in total. The molecule has 0 unspecified atom stereocenters. The molecule has 1 aromatic heterocycles. The molecule has 0 saturated carbocycles. The van der Waals surface area contributed by atoms with E-state index in [0.29, 0.717) is 35.1 Å². The number of hydrogen-bond acceptors (Lipinski definition) is 4. The van der Waals surface area contributed by atoms with Crippen LogP contribution in [-0.2, 0) is 29.6 Å². The van der Waals surface area contributed by atoms with Gasteiger partial charge in [0, 0.05) is 37.6 Å². The van der Waals surface area contributed by atoms with Gasteiger partial charge in [-0.3, -0.25) is 14.4 Å². The second-order valence-corrected chi connectivity index (χ2v) is 7.27. The lowest BCUT2D eigenvalue weighted by Crippen LogP contribution is -2.24. The van der Waals surface area contributed by atoms with E-state index in [2.05, 4.69) is 10.4 Å². The van der Waals surface area contributed by atoms with Crippen molar-refractivity contribution in [2.75, 3.05) is 11.9 Å². The first-order valence-corrected chi connectivity index (χ1v) is 9.63. The highest BCUT2D eigenvalue weighted by Crippen LogP contribution is 2.18. The maximum Gasteiger partial charge on any atom is 0.274 e. The summed E-state index contributed by atoms with van der Waals surface area (Å²) in [5, 5.41) is 8.41. The van der Waals surface area contributed by atoms with Gasteiger partial charge in [-0.1, -0.05) is 30.3 Å². The summed E-state index contributed by atoms with van der Waals surface area (Å²) in [5.41, 5.74) is 2.02. The molecule has 0 spiro atoms. The van der Waals surface area contributed by atoms with Crippen molar-refractivity contribution >= 4 is 28.3 Å². The van der Waals surface area contributed by atoms with Crippen LogP contribution in [0.2, 0.25) is 0 Å². The van der Waals surface area contributed by atoms with Crippen molar-refractivity contribution < 1.29 is 9.59 Å². The van der Waals surface area contributed by atoms with Crippen molar-refractivity contribution in [2.24, 2.45) is 7.05 Å². The monoisotopic (exact) mass is 390 g/mol. The quantitative estimate of drug-likeness (QED) is 0.724. The van der Waals surface area contributed by atoms with Crippen LogP contribution in [0.4, 0.5) is 5.69 Å². The fourth-order valence-electron chi connectivity index (χ4n) is 3.70. The van der Waals surface area contributed by atoms with Crippen molar-refractivity contribution in [2.45, 2.75) is 25.8 Å². The van der Waals surface area contributed by atoms with Crippen LogP contribution in [0.5, 0.6) is 0 Å². The van der Waals surface area contributed by atoms with Crippen LogP contribution in [0, 0.1) is 0 Å². The summed E-state index contributed by atoms with van der Waals surface area (Å²) in [6, 6.07) is 14.7. The molecule has 1 fully saturated rings. The Hall–Kier alpha value is -3.48. The van der Waals surface area contributed by atoms with Crippen LogP contribution in [0.25, 0.3) is 10.8 Å². The van der Waals surface area contributed by atoms with Crippen LogP contribution in [0.15, 0.2) is 53.3 Å². The van der Waals surface area contributed by atoms with Gasteiger partial charge in [-0.05, 0) is 30.2 Å². The van der Waals surface area contributed by atoms with Crippen molar-refractivity contribution in [1.82, 2.24) is 14.7 Å². The number of carbonyl (C=O) groups is 2. The van der Waals surface area contributed by atoms with E-state index >= 15 is 0 Å². The van der Waals surface area contributed by atoms with E-state index in [1.165, 1.54) is 4.68 Å². The molecule has 4 rings (SSSR count). The molecule has 1 saturated heterocycles. The summed E-state index contributed by atoms with van der Waals surface area (Å²) < 4.78 is 1.26. The van der Waals surface area contributed by atoms with E-state index < -0.39 is 0 Å². The van der Waals surface area contributed by atoms with Crippen molar-refractivity contribution in [3.63, 3.8) is 0 Å². The van der Waals surface area contributed by atoms with E-state index in [9.17, 15) is 14.4 Å². The lowest BCUT2D eigenvalue weighted by atomic mass is 10.1. The third-order valence-electron chi connectivity index (χ3n) is 5.12. The van der Waals surface area contributed by atoms with Gasteiger partial charge in [0.15, 0.2) is 0 Å². The van der Waals surface area contributed by atoms with Gasteiger partial charge in [-0.2, -0.15) is 5.10 Å². The number of hydrogen-bond donors (Lipinski definition) is 1.